The molecule has 0 bridgehead atoms. The Balaban J connectivity index is 1.60. The molecule has 1 aliphatic heterocycles. The van der Waals surface area contributed by atoms with Gasteiger partial charge in [0.1, 0.15) is 19.0 Å². The molecule has 2 aromatic rings. The number of nitrogens with one attached hydrogen (secondary N) is 1. The first-order valence-corrected chi connectivity index (χ1v) is 12.7. The van der Waals surface area contributed by atoms with Crippen LogP contribution in [-0.4, -0.2) is 31.2 Å². The lowest BCUT2D eigenvalue weighted by molar-refractivity contribution is -0.140. The predicted molar refractivity (Wildman–Crippen MR) is 135 cm³/mol. The van der Waals surface area contributed by atoms with E-state index in [0.29, 0.717) is 17.6 Å². The minimum atomic E-state index is -0.446. The fourth-order valence-electron chi connectivity index (χ4n) is 4.72. The molecular formula is C28H31NO4S. The summed E-state index contributed by atoms with van der Waals surface area (Å²) in [6.07, 6.45) is 3.24. The summed E-state index contributed by atoms with van der Waals surface area (Å²) in [7, 11) is 0. The van der Waals surface area contributed by atoms with Crippen molar-refractivity contribution in [1.29, 1.82) is 0 Å². The topological polar surface area (TPSA) is 64.6 Å². The Kier molecular flexibility index (Phi) is 7.17. The molecule has 0 aromatic heterocycles. The van der Waals surface area contributed by atoms with Crippen molar-refractivity contribution in [2.75, 3.05) is 19.5 Å². The second-order valence-corrected chi connectivity index (χ2v) is 10.4. The number of carbonyl (C=O) groups is 2. The number of esters is 1. The van der Waals surface area contributed by atoms with E-state index in [1.54, 1.807) is 11.8 Å². The van der Waals surface area contributed by atoms with E-state index < -0.39 is 11.9 Å². The standard InChI is InChI=1S/C28H31NO4S/c1-18-24(27(31)33-15-14-32-20-8-6-5-7-9-20)25(19-10-12-21(34-4)13-11-19)26-22(29-18)16-28(2,3)17-23(26)30/h5-13,25,29H,14-17H2,1-4H3. The number of allylic oxidation sites excluding steroid dienone is 3. The molecule has 4 rings (SSSR count). The van der Waals surface area contributed by atoms with Crippen molar-refractivity contribution in [3.05, 3.63) is 82.7 Å². The second-order valence-electron chi connectivity index (χ2n) is 9.50. The van der Waals surface area contributed by atoms with Gasteiger partial charge in [0.2, 0.25) is 0 Å². The van der Waals surface area contributed by atoms with E-state index in [-0.39, 0.29) is 24.4 Å². The Morgan fingerprint density at radius 3 is 2.44 bits per heavy atom. The number of hydrogen-bond acceptors (Lipinski definition) is 6. The fraction of sp³-hybridized carbons (Fsp3) is 0.357. The van der Waals surface area contributed by atoms with Gasteiger partial charge < -0.3 is 14.8 Å². The molecule has 1 heterocycles. The average Bonchev–Trinajstić information content (AvgIpc) is 2.80. The van der Waals surface area contributed by atoms with Crippen molar-refractivity contribution >= 4 is 23.5 Å². The summed E-state index contributed by atoms with van der Waals surface area (Å²) < 4.78 is 11.3. The second kappa shape index (κ2) is 10.1. The summed E-state index contributed by atoms with van der Waals surface area (Å²) in [6.45, 7) is 6.47. The highest BCUT2D eigenvalue weighted by Gasteiger charge is 2.43. The minimum Gasteiger partial charge on any atom is -0.490 e. The van der Waals surface area contributed by atoms with E-state index in [9.17, 15) is 9.59 Å². The largest absolute Gasteiger partial charge is 0.490 e. The van der Waals surface area contributed by atoms with Crippen molar-refractivity contribution in [1.82, 2.24) is 5.32 Å². The van der Waals surface area contributed by atoms with Crippen LogP contribution in [0.15, 0.2) is 82.0 Å². The molecule has 0 radical (unpaired) electrons. The van der Waals surface area contributed by atoms with Crippen LogP contribution in [-0.2, 0) is 14.3 Å². The molecule has 0 saturated carbocycles. The first-order valence-electron chi connectivity index (χ1n) is 11.5. The van der Waals surface area contributed by atoms with Crippen molar-refractivity contribution in [2.45, 2.75) is 44.4 Å². The van der Waals surface area contributed by atoms with Crippen molar-refractivity contribution < 1.29 is 19.1 Å². The van der Waals surface area contributed by atoms with Gasteiger partial charge >= 0.3 is 5.97 Å². The van der Waals surface area contributed by atoms with E-state index in [2.05, 4.69) is 19.2 Å². The van der Waals surface area contributed by atoms with Gasteiger partial charge in [-0.05, 0) is 54.8 Å². The van der Waals surface area contributed by atoms with Gasteiger partial charge in [0.05, 0.1) is 5.57 Å². The lowest BCUT2D eigenvalue weighted by Gasteiger charge is -2.39. The number of Topliss-reactive ketones (excluding diaryl/α,β-unsaturated/α-hetero) is 1. The molecular weight excluding hydrogens is 446 g/mol. The van der Waals surface area contributed by atoms with Crippen LogP contribution >= 0.6 is 11.8 Å². The summed E-state index contributed by atoms with van der Waals surface area (Å²) in [5, 5.41) is 3.38. The summed E-state index contributed by atoms with van der Waals surface area (Å²) in [5.41, 5.74) is 3.63. The van der Waals surface area contributed by atoms with Gasteiger partial charge in [0, 0.05) is 34.2 Å². The smallest absolute Gasteiger partial charge is 0.336 e. The Hall–Kier alpha value is -2.99. The van der Waals surface area contributed by atoms with E-state index in [1.807, 2.05) is 67.8 Å². The van der Waals surface area contributed by atoms with Crippen LogP contribution in [0.2, 0.25) is 0 Å². The highest BCUT2D eigenvalue weighted by Crippen LogP contribution is 2.46. The van der Waals surface area contributed by atoms with Gasteiger partial charge in [-0.3, -0.25) is 4.79 Å². The van der Waals surface area contributed by atoms with Gasteiger partial charge in [0.15, 0.2) is 5.78 Å². The molecule has 34 heavy (non-hydrogen) atoms. The molecule has 0 fully saturated rings. The van der Waals surface area contributed by atoms with Gasteiger partial charge in [-0.1, -0.05) is 44.2 Å². The molecule has 2 aromatic carbocycles. The third kappa shape index (κ3) is 5.22. The molecule has 1 atom stereocenters. The number of carbonyl (C=O) groups excluding carboxylic acids is 2. The highest BCUT2D eigenvalue weighted by atomic mass is 32.2. The molecule has 0 spiro atoms. The third-order valence-corrected chi connectivity index (χ3v) is 6.98. The molecule has 0 saturated heterocycles. The first kappa shape index (κ1) is 24.1. The normalized spacial score (nSPS) is 19.4. The molecule has 2 aliphatic rings. The number of ether oxygens (including phenoxy) is 2. The first-order chi connectivity index (χ1) is 16.3. The number of rotatable bonds is 7. The number of para-hydroxylation sites is 1. The Morgan fingerprint density at radius 2 is 1.76 bits per heavy atom. The molecule has 0 amide bonds. The molecule has 1 unspecified atom stereocenters. The van der Waals surface area contributed by atoms with Crippen molar-refractivity contribution in [3.63, 3.8) is 0 Å². The van der Waals surface area contributed by atoms with Crippen LogP contribution in [0.1, 0.15) is 45.1 Å². The maximum absolute atomic E-state index is 13.3. The Labute approximate surface area is 205 Å². The zero-order chi connectivity index (χ0) is 24.3. The van der Waals surface area contributed by atoms with Gasteiger partial charge in [0.25, 0.3) is 0 Å². The predicted octanol–water partition coefficient (Wildman–Crippen LogP) is 5.63. The maximum atomic E-state index is 13.3. The summed E-state index contributed by atoms with van der Waals surface area (Å²) in [5.74, 6) is -0.0590. The Bertz CT molecular complexity index is 1130. The van der Waals surface area contributed by atoms with Crippen LogP contribution < -0.4 is 10.1 Å². The molecule has 6 heteroatoms. The molecule has 178 valence electrons. The van der Waals surface area contributed by atoms with E-state index in [1.165, 1.54) is 0 Å². The lowest BCUT2D eigenvalue weighted by Crippen LogP contribution is -2.38. The van der Waals surface area contributed by atoms with Gasteiger partial charge in [-0.25, -0.2) is 4.79 Å². The number of thioether (sulfide) groups is 1. The number of dihydropyridines is 1. The summed E-state index contributed by atoms with van der Waals surface area (Å²) >= 11 is 1.66. The maximum Gasteiger partial charge on any atom is 0.336 e. The quantitative estimate of drug-likeness (QED) is 0.317. The monoisotopic (exact) mass is 477 g/mol. The van der Waals surface area contributed by atoms with Gasteiger partial charge in [-0.15, -0.1) is 11.8 Å². The van der Waals surface area contributed by atoms with Crippen LogP contribution in [0.4, 0.5) is 0 Å². The van der Waals surface area contributed by atoms with Crippen LogP contribution in [0.25, 0.3) is 0 Å². The van der Waals surface area contributed by atoms with Crippen LogP contribution in [0.3, 0.4) is 0 Å². The number of ketones is 1. The van der Waals surface area contributed by atoms with Crippen molar-refractivity contribution in [2.24, 2.45) is 5.41 Å². The van der Waals surface area contributed by atoms with Gasteiger partial charge in [-0.2, -0.15) is 0 Å². The SMILES string of the molecule is CSc1ccc(C2C(C(=O)OCCOc3ccccc3)=C(C)NC3=C2C(=O)CC(C)(C)C3)cc1. The molecule has 5 nitrogen and oxygen atoms in total. The minimum absolute atomic E-state index is 0.0860. The summed E-state index contributed by atoms with van der Waals surface area (Å²) in [4.78, 5) is 27.8. The third-order valence-electron chi connectivity index (χ3n) is 6.24. The van der Waals surface area contributed by atoms with E-state index >= 15 is 0 Å². The number of hydrogen-bond donors (Lipinski definition) is 1. The average molecular weight is 478 g/mol. The molecule has 1 N–H and O–H groups in total. The summed E-state index contributed by atoms with van der Waals surface area (Å²) in [6, 6.07) is 17.5. The van der Waals surface area contributed by atoms with E-state index in [0.717, 1.165) is 34.0 Å². The van der Waals surface area contributed by atoms with Crippen molar-refractivity contribution in [3.8, 4) is 5.75 Å². The van der Waals surface area contributed by atoms with Crippen LogP contribution in [0.5, 0.6) is 5.75 Å². The Morgan fingerprint density at radius 1 is 1.06 bits per heavy atom. The highest BCUT2D eigenvalue weighted by molar-refractivity contribution is 7.98. The zero-order valence-corrected chi connectivity index (χ0v) is 21.0. The van der Waals surface area contributed by atoms with E-state index in [4.69, 9.17) is 9.47 Å². The zero-order valence-electron chi connectivity index (χ0n) is 20.1. The fourth-order valence-corrected chi connectivity index (χ4v) is 5.13. The molecule has 1 aliphatic carbocycles. The number of benzene rings is 2. The lowest BCUT2D eigenvalue weighted by atomic mass is 9.68. The van der Waals surface area contributed by atoms with Crippen LogP contribution in [0, 0.1) is 5.41 Å².